The van der Waals surface area contributed by atoms with E-state index in [1.165, 1.54) is 45.2 Å². The quantitative estimate of drug-likeness (QED) is 0.749. The van der Waals surface area contributed by atoms with Gasteiger partial charge in [0.05, 0.1) is 0 Å². The van der Waals surface area contributed by atoms with Gasteiger partial charge in [-0.1, -0.05) is 20.3 Å². The van der Waals surface area contributed by atoms with Crippen LogP contribution in [-0.4, -0.2) is 37.1 Å². The van der Waals surface area contributed by atoms with Crippen LogP contribution in [0.5, 0.6) is 0 Å². The lowest BCUT2D eigenvalue weighted by Crippen LogP contribution is -2.44. The first-order valence-electron chi connectivity index (χ1n) is 7.03. The summed E-state index contributed by atoms with van der Waals surface area (Å²) in [6.07, 6.45) is 6.82. The molecule has 2 nitrogen and oxygen atoms in total. The lowest BCUT2D eigenvalue weighted by molar-refractivity contribution is 0.199. The van der Waals surface area contributed by atoms with Crippen molar-refractivity contribution in [2.24, 2.45) is 5.92 Å². The van der Waals surface area contributed by atoms with Crippen molar-refractivity contribution in [3.63, 3.8) is 0 Å². The number of hydrogen-bond acceptors (Lipinski definition) is 2. The van der Waals surface area contributed by atoms with Gasteiger partial charge in [0.1, 0.15) is 0 Å². The molecule has 1 aliphatic rings. The second kappa shape index (κ2) is 7.29. The van der Waals surface area contributed by atoms with Crippen molar-refractivity contribution in [2.75, 3.05) is 20.1 Å². The van der Waals surface area contributed by atoms with Crippen LogP contribution in [-0.2, 0) is 0 Å². The minimum absolute atomic E-state index is 0.728. The minimum atomic E-state index is 0.728. The summed E-state index contributed by atoms with van der Waals surface area (Å²) in [5, 5.41) is 3.63. The molecule has 0 aliphatic carbocycles. The van der Waals surface area contributed by atoms with Gasteiger partial charge in [0, 0.05) is 18.6 Å². The second-order valence-corrected chi connectivity index (χ2v) is 5.91. The first kappa shape index (κ1) is 14.0. The summed E-state index contributed by atoms with van der Waals surface area (Å²) in [6, 6.07) is 1.46. The maximum Gasteiger partial charge on any atom is 0.0195 e. The molecule has 0 amide bonds. The number of nitrogens with zero attached hydrogens (tertiary/aromatic N) is 1. The molecular weight excluding hydrogens is 196 g/mol. The molecule has 96 valence electrons. The van der Waals surface area contributed by atoms with Gasteiger partial charge >= 0.3 is 0 Å². The zero-order chi connectivity index (χ0) is 12.0. The predicted octanol–water partition coefficient (Wildman–Crippen LogP) is 2.89. The van der Waals surface area contributed by atoms with E-state index in [1.54, 1.807) is 0 Å². The first-order chi connectivity index (χ1) is 7.59. The maximum atomic E-state index is 3.63. The van der Waals surface area contributed by atoms with Gasteiger partial charge in [0.25, 0.3) is 0 Å². The third-order valence-corrected chi connectivity index (χ3v) is 3.83. The highest BCUT2D eigenvalue weighted by molar-refractivity contribution is 4.77. The molecule has 1 aliphatic heterocycles. The fourth-order valence-electron chi connectivity index (χ4n) is 2.40. The minimum Gasteiger partial charge on any atom is -0.313 e. The van der Waals surface area contributed by atoms with Gasteiger partial charge in [-0.25, -0.2) is 0 Å². The zero-order valence-corrected chi connectivity index (χ0v) is 11.6. The number of nitrogens with one attached hydrogen (secondary N) is 1. The fraction of sp³-hybridized carbons (Fsp3) is 1.00. The van der Waals surface area contributed by atoms with Gasteiger partial charge < -0.3 is 10.2 Å². The molecule has 2 unspecified atom stereocenters. The SMILES string of the molecule is CC(C)CCC(C)N(C)CC1CCCCN1. The molecule has 1 heterocycles. The number of rotatable bonds is 6. The Balaban J connectivity index is 2.19. The van der Waals surface area contributed by atoms with Crippen molar-refractivity contribution in [3.8, 4) is 0 Å². The van der Waals surface area contributed by atoms with Gasteiger partial charge in [-0.15, -0.1) is 0 Å². The van der Waals surface area contributed by atoms with Gasteiger partial charge in [0.15, 0.2) is 0 Å². The molecule has 1 fully saturated rings. The highest BCUT2D eigenvalue weighted by Crippen LogP contribution is 2.13. The fourth-order valence-corrected chi connectivity index (χ4v) is 2.40. The van der Waals surface area contributed by atoms with Crippen molar-refractivity contribution in [1.29, 1.82) is 0 Å². The number of likely N-dealkylation sites (N-methyl/N-ethyl adjacent to an activating group) is 1. The summed E-state index contributed by atoms with van der Waals surface area (Å²) in [6.45, 7) is 9.44. The van der Waals surface area contributed by atoms with Crippen LogP contribution in [0.1, 0.15) is 52.9 Å². The number of piperidine rings is 1. The van der Waals surface area contributed by atoms with Crippen LogP contribution in [0.15, 0.2) is 0 Å². The van der Waals surface area contributed by atoms with E-state index in [-0.39, 0.29) is 0 Å². The molecular formula is C14H30N2. The Bertz CT molecular complexity index is 174. The third kappa shape index (κ3) is 5.31. The lowest BCUT2D eigenvalue weighted by Gasteiger charge is -2.32. The van der Waals surface area contributed by atoms with Crippen LogP contribution >= 0.6 is 0 Å². The Hall–Kier alpha value is -0.0800. The van der Waals surface area contributed by atoms with Gasteiger partial charge in [-0.3, -0.25) is 0 Å². The molecule has 1 saturated heterocycles. The summed E-state index contributed by atoms with van der Waals surface area (Å²) in [5.74, 6) is 0.837. The van der Waals surface area contributed by atoms with Crippen molar-refractivity contribution >= 4 is 0 Å². The van der Waals surface area contributed by atoms with E-state index in [4.69, 9.17) is 0 Å². The van der Waals surface area contributed by atoms with Crippen LogP contribution in [0.3, 0.4) is 0 Å². The molecule has 2 atom stereocenters. The molecule has 0 bridgehead atoms. The van der Waals surface area contributed by atoms with E-state index in [9.17, 15) is 0 Å². The highest BCUT2D eigenvalue weighted by Gasteiger charge is 2.17. The summed E-state index contributed by atoms with van der Waals surface area (Å²) in [7, 11) is 2.28. The van der Waals surface area contributed by atoms with E-state index in [0.29, 0.717) is 0 Å². The molecule has 1 rings (SSSR count). The Morgan fingerprint density at radius 3 is 2.50 bits per heavy atom. The van der Waals surface area contributed by atoms with Crippen LogP contribution in [0.2, 0.25) is 0 Å². The normalized spacial score (nSPS) is 24.0. The molecule has 0 aromatic rings. The Labute approximate surface area is 102 Å². The van der Waals surface area contributed by atoms with Crippen molar-refractivity contribution < 1.29 is 0 Å². The molecule has 0 radical (unpaired) electrons. The molecule has 0 aromatic carbocycles. The van der Waals surface area contributed by atoms with Crippen molar-refractivity contribution in [3.05, 3.63) is 0 Å². The highest BCUT2D eigenvalue weighted by atomic mass is 15.1. The summed E-state index contributed by atoms with van der Waals surface area (Å²) >= 11 is 0. The van der Waals surface area contributed by atoms with E-state index in [0.717, 1.165) is 18.0 Å². The lowest BCUT2D eigenvalue weighted by atomic mass is 10.0. The van der Waals surface area contributed by atoms with Gasteiger partial charge in [-0.05, 0) is 52.1 Å². The summed E-state index contributed by atoms with van der Waals surface area (Å²) in [5.41, 5.74) is 0. The average molecular weight is 226 g/mol. The molecule has 0 spiro atoms. The average Bonchev–Trinajstić information content (AvgIpc) is 2.27. The van der Waals surface area contributed by atoms with Gasteiger partial charge in [-0.2, -0.15) is 0 Å². The van der Waals surface area contributed by atoms with Gasteiger partial charge in [0.2, 0.25) is 0 Å². The zero-order valence-electron chi connectivity index (χ0n) is 11.6. The van der Waals surface area contributed by atoms with Crippen molar-refractivity contribution in [2.45, 2.75) is 65.0 Å². The van der Waals surface area contributed by atoms with E-state index < -0.39 is 0 Å². The van der Waals surface area contributed by atoms with E-state index >= 15 is 0 Å². The molecule has 2 heteroatoms. The Kier molecular flexibility index (Phi) is 6.37. The third-order valence-electron chi connectivity index (χ3n) is 3.83. The summed E-state index contributed by atoms with van der Waals surface area (Å²) in [4.78, 5) is 2.53. The predicted molar refractivity (Wildman–Crippen MR) is 71.8 cm³/mol. The first-order valence-corrected chi connectivity index (χ1v) is 7.03. The van der Waals surface area contributed by atoms with E-state index in [1.807, 2.05) is 0 Å². The number of hydrogen-bond donors (Lipinski definition) is 1. The van der Waals surface area contributed by atoms with Crippen LogP contribution < -0.4 is 5.32 Å². The standard InChI is InChI=1S/C14H30N2/c1-12(2)8-9-13(3)16(4)11-14-7-5-6-10-15-14/h12-15H,5-11H2,1-4H3. The van der Waals surface area contributed by atoms with Crippen molar-refractivity contribution in [1.82, 2.24) is 10.2 Å². The Morgan fingerprint density at radius 2 is 1.94 bits per heavy atom. The van der Waals surface area contributed by atoms with E-state index in [2.05, 4.69) is 38.0 Å². The topological polar surface area (TPSA) is 15.3 Å². The molecule has 16 heavy (non-hydrogen) atoms. The molecule has 0 aromatic heterocycles. The van der Waals surface area contributed by atoms with Crippen LogP contribution in [0.25, 0.3) is 0 Å². The summed E-state index contributed by atoms with van der Waals surface area (Å²) < 4.78 is 0. The van der Waals surface area contributed by atoms with Crippen LogP contribution in [0.4, 0.5) is 0 Å². The Morgan fingerprint density at radius 1 is 1.19 bits per heavy atom. The largest absolute Gasteiger partial charge is 0.313 e. The smallest absolute Gasteiger partial charge is 0.0195 e. The molecule has 1 N–H and O–H groups in total. The monoisotopic (exact) mass is 226 g/mol. The molecule has 0 saturated carbocycles. The second-order valence-electron chi connectivity index (χ2n) is 5.91. The van der Waals surface area contributed by atoms with Crippen LogP contribution in [0, 0.1) is 5.92 Å². The maximum absolute atomic E-state index is 3.63.